The number of aldehydes is 1. The van der Waals surface area contributed by atoms with Gasteiger partial charge in [-0.05, 0) is 51.3 Å². The van der Waals surface area contributed by atoms with E-state index < -0.39 is 11.9 Å². The molecule has 0 radical (unpaired) electrons. The summed E-state index contributed by atoms with van der Waals surface area (Å²) in [7, 11) is 0. The molecule has 6 heteroatoms. The van der Waals surface area contributed by atoms with E-state index >= 15 is 0 Å². The molecular formula is C15H10BrFN2O2. The number of nitriles is 1. The van der Waals surface area contributed by atoms with Crippen LogP contribution in [-0.4, -0.2) is 16.4 Å². The van der Waals surface area contributed by atoms with E-state index in [0.29, 0.717) is 23.0 Å². The van der Waals surface area contributed by atoms with Gasteiger partial charge >= 0.3 is 0 Å². The first-order valence-electron chi connectivity index (χ1n) is 6.03. The highest BCUT2D eigenvalue weighted by atomic mass is 79.9. The number of nitrogens with zero attached hydrogens (tertiary/aromatic N) is 2. The summed E-state index contributed by atoms with van der Waals surface area (Å²) in [6.07, 6.45) is -0.338. The van der Waals surface area contributed by atoms with Crippen LogP contribution in [0.1, 0.15) is 28.5 Å². The van der Waals surface area contributed by atoms with Gasteiger partial charge < -0.3 is 9.90 Å². The van der Waals surface area contributed by atoms with Crippen molar-refractivity contribution in [1.29, 1.82) is 5.26 Å². The lowest BCUT2D eigenvalue weighted by Gasteiger charge is -2.15. The van der Waals surface area contributed by atoms with E-state index in [1.165, 1.54) is 12.1 Å². The van der Waals surface area contributed by atoms with Crippen molar-refractivity contribution < 1.29 is 14.3 Å². The molecule has 0 fully saturated rings. The van der Waals surface area contributed by atoms with Gasteiger partial charge in [0.25, 0.3) is 0 Å². The van der Waals surface area contributed by atoms with Crippen molar-refractivity contribution in [2.24, 2.45) is 0 Å². The van der Waals surface area contributed by atoms with Gasteiger partial charge in [0.1, 0.15) is 17.0 Å². The predicted octanol–water partition coefficient (Wildman–Crippen LogP) is 2.68. The van der Waals surface area contributed by atoms with Gasteiger partial charge in [0.05, 0.1) is 17.3 Å². The summed E-state index contributed by atoms with van der Waals surface area (Å²) in [4.78, 5) is 14.7. The van der Waals surface area contributed by atoms with Crippen molar-refractivity contribution in [2.45, 2.75) is 12.5 Å². The van der Waals surface area contributed by atoms with Gasteiger partial charge in [-0.2, -0.15) is 5.26 Å². The number of hydrogen-bond donors (Lipinski definition) is 1. The molecule has 2 rings (SSSR count). The highest BCUT2D eigenvalue weighted by molar-refractivity contribution is 9.10. The summed E-state index contributed by atoms with van der Waals surface area (Å²) < 4.78 is 13.2. The minimum atomic E-state index is -1.11. The highest BCUT2D eigenvalue weighted by Gasteiger charge is 2.17. The molecular weight excluding hydrogens is 339 g/mol. The molecule has 1 heterocycles. The lowest BCUT2D eigenvalue weighted by molar-refractivity contribution is -0.107. The SMILES string of the molecule is N#Cc1ccc(C(O)c2ccc(F)c(Br)n2)c(CC=O)c1. The zero-order chi connectivity index (χ0) is 15.4. The van der Waals surface area contributed by atoms with Gasteiger partial charge in [0.15, 0.2) is 5.82 Å². The van der Waals surface area contributed by atoms with Crippen molar-refractivity contribution in [1.82, 2.24) is 4.98 Å². The first-order valence-corrected chi connectivity index (χ1v) is 6.82. The number of pyridine rings is 1. The number of aliphatic hydroxyl groups is 1. The van der Waals surface area contributed by atoms with Crippen molar-refractivity contribution >= 4 is 22.2 Å². The fourth-order valence-electron chi connectivity index (χ4n) is 1.95. The first-order chi connectivity index (χ1) is 10.1. The lowest BCUT2D eigenvalue weighted by Crippen LogP contribution is -2.07. The van der Waals surface area contributed by atoms with Crippen molar-refractivity contribution in [3.8, 4) is 6.07 Å². The molecule has 1 aromatic carbocycles. The normalized spacial score (nSPS) is 11.7. The molecule has 0 aliphatic heterocycles. The average Bonchev–Trinajstić information content (AvgIpc) is 2.49. The maximum Gasteiger partial charge on any atom is 0.155 e. The van der Waals surface area contributed by atoms with Crippen molar-refractivity contribution in [3.05, 3.63) is 63.1 Å². The highest BCUT2D eigenvalue weighted by Crippen LogP contribution is 2.26. The molecule has 1 atom stereocenters. The molecule has 1 N–H and O–H groups in total. The van der Waals surface area contributed by atoms with Gasteiger partial charge in [-0.15, -0.1) is 0 Å². The van der Waals surface area contributed by atoms with Gasteiger partial charge in [-0.1, -0.05) is 6.07 Å². The van der Waals surface area contributed by atoms with Gasteiger partial charge in [-0.3, -0.25) is 0 Å². The fourth-order valence-corrected chi connectivity index (χ4v) is 2.29. The van der Waals surface area contributed by atoms with E-state index in [0.717, 1.165) is 0 Å². The van der Waals surface area contributed by atoms with E-state index in [1.807, 2.05) is 6.07 Å². The Hall–Kier alpha value is -2.10. The molecule has 2 aromatic rings. The maximum absolute atomic E-state index is 13.2. The number of aliphatic hydroxyl groups excluding tert-OH is 1. The van der Waals surface area contributed by atoms with Crippen LogP contribution < -0.4 is 0 Å². The molecule has 0 saturated carbocycles. The summed E-state index contributed by atoms with van der Waals surface area (Å²) in [5.41, 5.74) is 1.65. The molecule has 0 saturated heterocycles. The van der Waals surface area contributed by atoms with Crippen LogP contribution in [0.15, 0.2) is 34.9 Å². The Bertz CT molecular complexity index is 728. The summed E-state index contributed by atoms with van der Waals surface area (Å²) in [6, 6.07) is 9.20. The molecule has 106 valence electrons. The largest absolute Gasteiger partial charge is 0.382 e. The molecule has 1 aromatic heterocycles. The third kappa shape index (κ3) is 3.32. The van der Waals surface area contributed by atoms with Crippen LogP contribution in [0.3, 0.4) is 0 Å². The molecule has 0 spiro atoms. The minimum absolute atomic E-state index is 0.00429. The molecule has 0 amide bonds. The van der Waals surface area contributed by atoms with E-state index in [9.17, 15) is 14.3 Å². The Morgan fingerprint density at radius 3 is 2.81 bits per heavy atom. The van der Waals surface area contributed by atoms with Crippen molar-refractivity contribution in [3.63, 3.8) is 0 Å². The van der Waals surface area contributed by atoms with Crippen LogP contribution in [0, 0.1) is 17.1 Å². The number of hydrogen-bond acceptors (Lipinski definition) is 4. The topological polar surface area (TPSA) is 74.0 Å². The van der Waals surface area contributed by atoms with E-state index in [2.05, 4.69) is 20.9 Å². The second-order valence-corrected chi connectivity index (χ2v) is 5.06. The van der Waals surface area contributed by atoms with Gasteiger partial charge in [0.2, 0.25) is 0 Å². The Kier molecular flexibility index (Phi) is 4.78. The first kappa shape index (κ1) is 15.3. The second-order valence-electron chi connectivity index (χ2n) is 4.31. The Morgan fingerprint density at radius 2 is 2.19 bits per heavy atom. The van der Waals surface area contributed by atoms with Crippen LogP contribution in [0.5, 0.6) is 0 Å². The Labute approximate surface area is 129 Å². The molecule has 21 heavy (non-hydrogen) atoms. The quantitative estimate of drug-likeness (QED) is 0.680. The average molecular weight is 349 g/mol. The standard InChI is InChI=1S/C15H10BrFN2O2/c16-15-12(17)3-4-13(19-15)14(21)11-2-1-9(8-18)7-10(11)5-6-20/h1-4,6-7,14,21H,5H2. The second kappa shape index (κ2) is 6.57. The summed E-state index contributed by atoms with van der Waals surface area (Å²) in [5, 5.41) is 19.3. The van der Waals surface area contributed by atoms with E-state index in [-0.39, 0.29) is 16.7 Å². The number of halogens is 2. The Balaban J connectivity index is 2.46. The molecule has 0 aliphatic carbocycles. The fraction of sp³-hybridized carbons (Fsp3) is 0.133. The molecule has 1 unspecified atom stereocenters. The minimum Gasteiger partial charge on any atom is -0.382 e. The number of benzene rings is 1. The number of carbonyl (C=O) groups excluding carboxylic acids is 1. The summed E-state index contributed by atoms with van der Waals surface area (Å²) in [6.45, 7) is 0. The molecule has 0 bridgehead atoms. The smallest absolute Gasteiger partial charge is 0.155 e. The number of rotatable bonds is 4. The lowest BCUT2D eigenvalue weighted by atomic mass is 9.96. The van der Waals surface area contributed by atoms with Crippen LogP contribution in [0.25, 0.3) is 0 Å². The zero-order valence-corrected chi connectivity index (χ0v) is 12.3. The van der Waals surface area contributed by atoms with Gasteiger partial charge in [0, 0.05) is 6.42 Å². The number of aromatic nitrogens is 1. The maximum atomic E-state index is 13.2. The zero-order valence-electron chi connectivity index (χ0n) is 10.8. The number of carbonyl (C=O) groups is 1. The van der Waals surface area contributed by atoms with Crippen molar-refractivity contribution in [2.75, 3.05) is 0 Å². The van der Waals surface area contributed by atoms with E-state index in [4.69, 9.17) is 5.26 Å². The summed E-state index contributed by atoms with van der Waals surface area (Å²) >= 11 is 2.96. The molecule has 4 nitrogen and oxygen atoms in total. The monoisotopic (exact) mass is 348 g/mol. The molecule has 0 aliphatic rings. The third-order valence-corrected chi connectivity index (χ3v) is 3.53. The van der Waals surface area contributed by atoms with E-state index in [1.54, 1.807) is 18.2 Å². The van der Waals surface area contributed by atoms with Crippen LogP contribution >= 0.6 is 15.9 Å². The van der Waals surface area contributed by atoms with Gasteiger partial charge in [-0.25, -0.2) is 9.37 Å². The predicted molar refractivity (Wildman–Crippen MR) is 76.9 cm³/mol. The van der Waals surface area contributed by atoms with Crippen LogP contribution in [0.4, 0.5) is 4.39 Å². The summed E-state index contributed by atoms with van der Waals surface area (Å²) in [5.74, 6) is -0.529. The van der Waals surface area contributed by atoms with Crippen LogP contribution in [0.2, 0.25) is 0 Å². The Morgan fingerprint density at radius 1 is 1.43 bits per heavy atom. The third-order valence-electron chi connectivity index (χ3n) is 2.97. The van der Waals surface area contributed by atoms with Crippen LogP contribution in [-0.2, 0) is 11.2 Å².